The van der Waals surface area contributed by atoms with Gasteiger partial charge in [-0.05, 0) is 32.0 Å². The molecule has 1 aromatic rings. The Morgan fingerprint density at radius 1 is 1.32 bits per heavy atom. The van der Waals surface area contributed by atoms with Gasteiger partial charge in [0.05, 0.1) is 23.2 Å². The average Bonchev–Trinajstić information content (AvgIpc) is 2.32. The Hall–Kier alpha value is -1.50. The van der Waals surface area contributed by atoms with Crippen molar-refractivity contribution >= 4 is 15.8 Å². The normalized spacial score (nSPS) is 13.1. The van der Waals surface area contributed by atoms with Gasteiger partial charge in [0.25, 0.3) is 0 Å². The molecule has 0 aliphatic carbocycles. The quantitative estimate of drug-likeness (QED) is 0.616. The number of rotatable bonds is 5. The van der Waals surface area contributed by atoms with Crippen LogP contribution in [0.3, 0.4) is 0 Å². The van der Waals surface area contributed by atoms with E-state index >= 15 is 0 Å². The third-order valence-electron chi connectivity index (χ3n) is 2.51. The molecule has 19 heavy (non-hydrogen) atoms. The summed E-state index contributed by atoms with van der Waals surface area (Å²) in [6.07, 6.45) is -0.338. The van der Waals surface area contributed by atoms with E-state index in [9.17, 15) is 22.0 Å². The van der Waals surface area contributed by atoms with E-state index in [-0.39, 0.29) is 17.9 Å². The topological polar surface area (TPSA) is 60.4 Å². The molecule has 0 aromatic heterocycles. The highest BCUT2D eigenvalue weighted by Gasteiger charge is 2.27. The van der Waals surface area contributed by atoms with Crippen LogP contribution in [0.5, 0.6) is 0 Å². The van der Waals surface area contributed by atoms with E-state index in [4.69, 9.17) is 0 Å². The molecule has 1 atom stereocenters. The fourth-order valence-corrected chi connectivity index (χ4v) is 2.80. The highest BCUT2D eigenvalue weighted by molar-refractivity contribution is 7.92. The molecule has 0 saturated carbocycles. The van der Waals surface area contributed by atoms with Crippen molar-refractivity contribution in [2.24, 2.45) is 0 Å². The van der Waals surface area contributed by atoms with Gasteiger partial charge < -0.3 is 4.74 Å². The van der Waals surface area contributed by atoms with Crippen molar-refractivity contribution in [3.8, 4) is 0 Å². The Balaban J connectivity index is 2.96. The number of benzene rings is 1. The Morgan fingerprint density at radius 2 is 1.95 bits per heavy atom. The minimum atomic E-state index is -3.90. The number of carbonyl (C=O) groups is 1. The molecule has 0 heterocycles. The fraction of sp³-hybridized carbons (Fsp3) is 0.417. The lowest BCUT2D eigenvalue weighted by molar-refractivity contribution is -0.143. The van der Waals surface area contributed by atoms with E-state index in [0.717, 1.165) is 12.1 Å². The molecular formula is C12H14F2O4S. The van der Waals surface area contributed by atoms with Gasteiger partial charge in [-0.1, -0.05) is 0 Å². The van der Waals surface area contributed by atoms with Crippen molar-refractivity contribution in [2.75, 3.05) is 6.61 Å². The summed E-state index contributed by atoms with van der Waals surface area (Å²) in [5, 5.41) is -1.07. The first-order valence-electron chi connectivity index (χ1n) is 5.63. The molecule has 0 saturated heterocycles. The first-order chi connectivity index (χ1) is 8.78. The standard InChI is InChI=1S/C12H14F2O4S/c1-3-18-12(15)6-8(2)19(16,17)9-4-5-10(13)11(14)7-9/h4-5,7-8H,3,6H2,1-2H3. The van der Waals surface area contributed by atoms with Gasteiger partial charge in [0.1, 0.15) is 0 Å². The van der Waals surface area contributed by atoms with Crippen molar-refractivity contribution in [1.82, 2.24) is 0 Å². The van der Waals surface area contributed by atoms with Crippen LogP contribution >= 0.6 is 0 Å². The Kier molecular flexibility index (Phi) is 4.99. The van der Waals surface area contributed by atoms with Crippen LogP contribution in [-0.2, 0) is 19.4 Å². The van der Waals surface area contributed by atoms with Crippen LogP contribution in [0.1, 0.15) is 20.3 Å². The third kappa shape index (κ3) is 3.73. The van der Waals surface area contributed by atoms with Crippen molar-refractivity contribution in [2.45, 2.75) is 30.4 Å². The molecule has 0 aliphatic rings. The third-order valence-corrected chi connectivity index (χ3v) is 4.65. The van der Waals surface area contributed by atoms with Crippen LogP contribution < -0.4 is 0 Å². The lowest BCUT2D eigenvalue weighted by atomic mass is 10.3. The zero-order chi connectivity index (χ0) is 14.6. The first kappa shape index (κ1) is 15.6. The molecule has 0 bridgehead atoms. The summed E-state index contributed by atoms with van der Waals surface area (Å²) in [6.45, 7) is 3.07. The SMILES string of the molecule is CCOC(=O)CC(C)S(=O)(=O)c1ccc(F)c(F)c1. The van der Waals surface area contributed by atoms with Crippen molar-refractivity contribution in [3.05, 3.63) is 29.8 Å². The predicted molar refractivity (Wildman–Crippen MR) is 64.3 cm³/mol. The molecule has 0 aliphatic heterocycles. The van der Waals surface area contributed by atoms with Crippen LogP contribution in [0, 0.1) is 11.6 Å². The van der Waals surface area contributed by atoms with E-state index in [0.29, 0.717) is 6.07 Å². The van der Waals surface area contributed by atoms with Crippen molar-refractivity contribution < 1.29 is 26.7 Å². The van der Waals surface area contributed by atoms with E-state index in [1.165, 1.54) is 6.92 Å². The molecule has 1 aromatic carbocycles. The summed E-state index contributed by atoms with van der Waals surface area (Å²) >= 11 is 0. The van der Waals surface area contributed by atoms with Gasteiger partial charge in [0.15, 0.2) is 21.5 Å². The van der Waals surface area contributed by atoms with Gasteiger partial charge in [0, 0.05) is 0 Å². The van der Waals surface area contributed by atoms with E-state index in [1.54, 1.807) is 6.92 Å². The number of sulfone groups is 1. The minimum absolute atomic E-state index is 0.150. The van der Waals surface area contributed by atoms with Gasteiger partial charge in [-0.3, -0.25) is 4.79 Å². The summed E-state index contributed by atoms with van der Waals surface area (Å²) < 4.78 is 54.5. The Bertz CT molecular complexity index is 569. The van der Waals surface area contributed by atoms with Crippen LogP contribution in [0.2, 0.25) is 0 Å². The summed E-state index contributed by atoms with van der Waals surface area (Å²) in [6, 6.07) is 2.31. The van der Waals surface area contributed by atoms with Gasteiger partial charge in [0.2, 0.25) is 0 Å². The predicted octanol–water partition coefficient (Wildman–Crippen LogP) is 2.08. The smallest absolute Gasteiger partial charge is 0.307 e. The largest absolute Gasteiger partial charge is 0.466 e. The number of ether oxygens (including phenoxy) is 1. The second kappa shape index (κ2) is 6.10. The maximum absolute atomic E-state index is 13.0. The number of esters is 1. The molecule has 1 unspecified atom stereocenters. The van der Waals surface area contributed by atoms with Crippen molar-refractivity contribution in [1.29, 1.82) is 0 Å². The molecule has 7 heteroatoms. The zero-order valence-corrected chi connectivity index (χ0v) is 11.3. The van der Waals surface area contributed by atoms with Crippen LogP contribution in [0.4, 0.5) is 8.78 Å². The second-order valence-electron chi connectivity index (χ2n) is 3.94. The van der Waals surface area contributed by atoms with E-state index < -0.39 is 32.7 Å². The maximum Gasteiger partial charge on any atom is 0.307 e. The van der Waals surface area contributed by atoms with Gasteiger partial charge >= 0.3 is 5.97 Å². The average molecular weight is 292 g/mol. The fourth-order valence-electron chi connectivity index (χ4n) is 1.45. The zero-order valence-electron chi connectivity index (χ0n) is 10.5. The van der Waals surface area contributed by atoms with E-state index in [2.05, 4.69) is 4.74 Å². The van der Waals surface area contributed by atoms with Crippen LogP contribution in [0.25, 0.3) is 0 Å². The minimum Gasteiger partial charge on any atom is -0.466 e. The molecule has 0 amide bonds. The van der Waals surface area contributed by atoms with Gasteiger partial charge in [-0.25, -0.2) is 17.2 Å². The summed E-state index contributed by atoms with van der Waals surface area (Å²) in [5.41, 5.74) is 0. The molecule has 1 rings (SSSR count). The van der Waals surface area contributed by atoms with Gasteiger partial charge in [-0.2, -0.15) is 0 Å². The molecule has 0 fully saturated rings. The molecular weight excluding hydrogens is 278 g/mol. The molecule has 0 spiro atoms. The highest BCUT2D eigenvalue weighted by atomic mass is 32.2. The lowest BCUT2D eigenvalue weighted by Crippen LogP contribution is -2.23. The second-order valence-corrected chi connectivity index (χ2v) is 6.31. The van der Waals surface area contributed by atoms with Crippen molar-refractivity contribution in [3.63, 3.8) is 0 Å². The number of hydrogen-bond acceptors (Lipinski definition) is 4. The van der Waals surface area contributed by atoms with Gasteiger partial charge in [-0.15, -0.1) is 0 Å². The summed E-state index contributed by atoms with van der Waals surface area (Å²) in [7, 11) is -3.90. The monoisotopic (exact) mass is 292 g/mol. The highest BCUT2D eigenvalue weighted by Crippen LogP contribution is 2.20. The number of halogens is 2. The maximum atomic E-state index is 13.0. The summed E-state index contributed by atoms with van der Waals surface area (Å²) in [4.78, 5) is 10.9. The first-order valence-corrected chi connectivity index (χ1v) is 7.18. The van der Waals surface area contributed by atoms with Crippen LogP contribution in [0.15, 0.2) is 23.1 Å². The van der Waals surface area contributed by atoms with Crippen LogP contribution in [-0.4, -0.2) is 26.2 Å². The Labute approximate surface area is 110 Å². The molecule has 0 radical (unpaired) electrons. The van der Waals surface area contributed by atoms with E-state index in [1.807, 2.05) is 0 Å². The molecule has 106 valence electrons. The Morgan fingerprint density at radius 3 is 2.47 bits per heavy atom. The molecule has 4 nitrogen and oxygen atoms in total. The number of hydrogen-bond donors (Lipinski definition) is 0. The summed E-state index contributed by atoms with van der Waals surface area (Å²) in [5.74, 6) is -3.03. The molecule has 0 N–H and O–H groups in total. The number of carbonyl (C=O) groups excluding carboxylic acids is 1. The lowest BCUT2D eigenvalue weighted by Gasteiger charge is -2.12.